The number of rotatable bonds is 7. The zero-order chi connectivity index (χ0) is 13.4. The highest BCUT2D eigenvalue weighted by Gasteiger charge is 2.34. The van der Waals surface area contributed by atoms with Gasteiger partial charge in [0, 0.05) is 19.5 Å². The van der Waals surface area contributed by atoms with Crippen LogP contribution in [0.1, 0.15) is 38.5 Å². The van der Waals surface area contributed by atoms with Gasteiger partial charge in [0.05, 0.1) is 0 Å². The van der Waals surface area contributed by atoms with E-state index in [0.717, 1.165) is 12.8 Å². The number of halogens is 1. The van der Waals surface area contributed by atoms with Gasteiger partial charge in [-0.05, 0) is 24.8 Å². The highest BCUT2D eigenvalue weighted by molar-refractivity contribution is 5.85. The number of nitrogens with zero attached hydrogens (tertiary/aromatic N) is 1. The summed E-state index contributed by atoms with van der Waals surface area (Å²) in [5, 5.41) is 0. The van der Waals surface area contributed by atoms with E-state index in [1.165, 1.54) is 19.3 Å². The Morgan fingerprint density at radius 3 is 2.11 bits per heavy atom. The van der Waals surface area contributed by atoms with Crippen LogP contribution in [-0.4, -0.2) is 30.4 Å². The quantitative estimate of drug-likeness (QED) is 0.732. The average Bonchev–Trinajstić information content (AvgIpc) is 2.39. The minimum Gasteiger partial charge on any atom is -0.335 e. The van der Waals surface area contributed by atoms with Gasteiger partial charge in [-0.25, -0.2) is 0 Å². The fraction of sp³-hybridized carbons (Fsp3) is 0.667. The maximum Gasteiger partial charge on any atom is 0.223 e. The third-order valence-electron chi connectivity index (χ3n) is 3.93. The lowest BCUT2D eigenvalue weighted by atomic mass is 9.71. The molecule has 0 spiro atoms. The van der Waals surface area contributed by atoms with Crippen molar-refractivity contribution in [2.75, 3.05) is 19.6 Å². The molecule has 1 aliphatic rings. The molecule has 1 amide bonds. The molecule has 4 heteroatoms. The van der Waals surface area contributed by atoms with Gasteiger partial charge >= 0.3 is 0 Å². The second kappa shape index (κ2) is 9.16. The van der Waals surface area contributed by atoms with Gasteiger partial charge in [0.15, 0.2) is 0 Å². The van der Waals surface area contributed by atoms with E-state index in [1.807, 2.05) is 0 Å². The summed E-state index contributed by atoms with van der Waals surface area (Å²) >= 11 is 0. The number of hydrogen-bond acceptors (Lipinski definition) is 2. The molecular weight excluding hydrogens is 260 g/mol. The van der Waals surface area contributed by atoms with Gasteiger partial charge in [0.1, 0.15) is 0 Å². The molecular formula is C15H27ClN2O. The normalized spacial score (nSPS) is 17.1. The summed E-state index contributed by atoms with van der Waals surface area (Å²) in [5.41, 5.74) is 5.96. The lowest BCUT2D eigenvalue weighted by molar-refractivity contribution is -0.133. The fourth-order valence-electron chi connectivity index (χ4n) is 2.78. The highest BCUT2D eigenvalue weighted by Crippen LogP contribution is 2.38. The standard InChI is InChI=1S/C15H26N2O.ClH/c1-3-10-17(11-4-2)14(18)12-15(13-16)8-6-5-7-9-15;/h3-4H,1-2,5-13,16H2;1H. The van der Waals surface area contributed by atoms with Crippen molar-refractivity contribution in [1.82, 2.24) is 4.90 Å². The van der Waals surface area contributed by atoms with E-state index in [1.54, 1.807) is 17.1 Å². The van der Waals surface area contributed by atoms with Crippen molar-refractivity contribution in [3.05, 3.63) is 25.3 Å². The molecule has 0 aromatic carbocycles. The van der Waals surface area contributed by atoms with E-state index in [-0.39, 0.29) is 23.7 Å². The van der Waals surface area contributed by atoms with Gasteiger partial charge < -0.3 is 10.6 Å². The van der Waals surface area contributed by atoms with Crippen molar-refractivity contribution >= 4 is 18.3 Å². The maximum absolute atomic E-state index is 12.3. The van der Waals surface area contributed by atoms with Gasteiger partial charge in [0.2, 0.25) is 5.91 Å². The molecule has 1 saturated carbocycles. The Kier molecular flexibility index (Phi) is 8.77. The topological polar surface area (TPSA) is 46.3 Å². The van der Waals surface area contributed by atoms with Crippen LogP contribution in [0.15, 0.2) is 25.3 Å². The third-order valence-corrected chi connectivity index (χ3v) is 3.93. The number of nitrogens with two attached hydrogens (primary N) is 1. The molecule has 0 aromatic rings. The summed E-state index contributed by atoms with van der Waals surface area (Å²) in [5.74, 6) is 0.183. The highest BCUT2D eigenvalue weighted by atomic mass is 35.5. The van der Waals surface area contributed by atoms with Crippen molar-refractivity contribution < 1.29 is 4.79 Å². The molecule has 2 N–H and O–H groups in total. The van der Waals surface area contributed by atoms with Crippen LogP contribution in [0, 0.1) is 5.41 Å². The summed E-state index contributed by atoms with van der Waals surface area (Å²) in [6.45, 7) is 9.19. The molecule has 0 aromatic heterocycles. The first-order chi connectivity index (χ1) is 8.67. The first kappa shape index (κ1) is 18.2. The van der Waals surface area contributed by atoms with Crippen LogP contribution in [0.25, 0.3) is 0 Å². The molecule has 0 bridgehead atoms. The number of carbonyl (C=O) groups is 1. The predicted molar refractivity (Wildman–Crippen MR) is 83.4 cm³/mol. The van der Waals surface area contributed by atoms with Gasteiger partial charge in [0.25, 0.3) is 0 Å². The molecule has 3 nitrogen and oxygen atoms in total. The summed E-state index contributed by atoms with van der Waals surface area (Å²) < 4.78 is 0. The Morgan fingerprint density at radius 2 is 1.68 bits per heavy atom. The SMILES string of the molecule is C=CCN(CC=C)C(=O)CC1(CN)CCCCC1.Cl. The Bertz CT molecular complexity index is 289. The summed E-state index contributed by atoms with van der Waals surface area (Å²) in [6, 6.07) is 0. The lowest BCUT2D eigenvalue weighted by Crippen LogP contribution is -2.40. The van der Waals surface area contributed by atoms with Crippen molar-refractivity contribution in [3.63, 3.8) is 0 Å². The molecule has 0 atom stereocenters. The number of amides is 1. The molecule has 1 rings (SSSR count). The van der Waals surface area contributed by atoms with Crippen molar-refractivity contribution in [2.45, 2.75) is 38.5 Å². The van der Waals surface area contributed by atoms with Crippen molar-refractivity contribution in [1.29, 1.82) is 0 Å². The monoisotopic (exact) mass is 286 g/mol. The lowest BCUT2D eigenvalue weighted by Gasteiger charge is -2.37. The Morgan fingerprint density at radius 1 is 1.16 bits per heavy atom. The molecule has 110 valence electrons. The molecule has 0 unspecified atom stereocenters. The summed E-state index contributed by atoms with van der Waals surface area (Å²) in [6.07, 6.45) is 9.95. The molecule has 1 aliphatic carbocycles. The second-order valence-corrected chi connectivity index (χ2v) is 5.32. The Balaban J connectivity index is 0.00000324. The zero-order valence-electron chi connectivity index (χ0n) is 11.8. The first-order valence-corrected chi connectivity index (χ1v) is 6.87. The minimum atomic E-state index is 0. The van der Waals surface area contributed by atoms with Crippen LogP contribution >= 0.6 is 12.4 Å². The third kappa shape index (κ3) is 5.37. The van der Waals surface area contributed by atoms with Gasteiger partial charge in [-0.15, -0.1) is 25.6 Å². The summed E-state index contributed by atoms with van der Waals surface area (Å²) in [7, 11) is 0. The van der Waals surface area contributed by atoms with E-state index in [9.17, 15) is 4.79 Å². The van der Waals surface area contributed by atoms with Crippen LogP contribution in [0.5, 0.6) is 0 Å². The molecule has 19 heavy (non-hydrogen) atoms. The van der Waals surface area contributed by atoms with E-state index < -0.39 is 0 Å². The van der Waals surface area contributed by atoms with Gasteiger partial charge in [-0.1, -0.05) is 31.4 Å². The van der Waals surface area contributed by atoms with Crippen molar-refractivity contribution in [3.8, 4) is 0 Å². The maximum atomic E-state index is 12.3. The number of hydrogen-bond donors (Lipinski definition) is 1. The van der Waals surface area contributed by atoms with Crippen LogP contribution < -0.4 is 5.73 Å². The van der Waals surface area contributed by atoms with E-state index in [0.29, 0.717) is 26.1 Å². The van der Waals surface area contributed by atoms with Crippen LogP contribution in [0.3, 0.4) is 0 Å². The van der Waals surface area contributed by atoms with Gasteiger partial charge in [-0.3, -0.25) is 4.79 Å². The van der Waals surface area contributed by atoms with Gasteiger partial charge in [-0.2, -0.15) is 0 Å². The minimum absolute atomic E-state index is 0. The molecule has 0 heterocycles. The van der Waals surface area contributed by atoms with Crippen molar-refractivity contribution in [2.24, 2.45) is 11.1 Å². The largest absolute Gasteiger partial charge is 0.335 e. The molecule has 0 radical (unpaired) electrons. The molecule has 0 aliphatic heterocycles. The average molecular weight is 287 g/mol. The van der Waals surface area contributed by atoms with Crippen LogP contribution in [-0.2, 0) is 4.79 Å². The van der Waals surface area contributed by atoms with E-state index in [4.69, 9.17) is 5.73 Å². The zero-order valence-corrected chi connectivity index (χ0v) is 12.6. The van der Waals surface area contributed by atoms with Crippen LogP contribution in [0.4, 0.5) is 0 Å². The Hall–Kier alpha value is -0.800. The number of carbonyl (C=O) groups excluding carboxylic acids is 1. The molecule has 1 fully saturated rings. The second-order valence-electron chi connectivity index (χ2n) is 5.32. The van der Waals surface area contributed by atoms with Crippen LogP contribution in [0.2, 0.25) is 0 Å². The van der Waals surface area contributed by atoms with E-state index >= 15 is 0 Å². The first-order valence-electron chi connectivity index (χ1n) is 6.87. The Labute approximate surface area is 123 Å². The fourth-order valence-corrected chi connectivity index (χ4v) is 2.78. The van der Waals surface area contributed by atoms with E-state index in [2.05, 4.69) is 13.2 Å². The smallest absolute Gasteiger partial charge is 0.223 e. The predicted octanol–water partition coefficient (Wildman–Crippen LogP) is 2.91. The molecule has 0 saturated heterocycles. The summed E-state index contributed by atoms with van der Waals surface area (Å²) in [4.78, 5) is 14.1.